The van der Waals surface area contributed by atoms with Crippen LogP contribution in [0.1, 0.15) is 19.8 Å². The first-order chi connectivity index (χ1) is 6.77. The lowest BCUT2D eigenvalue weighted by Gasteiger charge is -2.14. The lowest BCUT2D eigenvalue weighted by molar-refractivity contribution is 0.613. The third-order valence-corrected chi connectivity index (χ3v) is 2.20. The summed E-state index contributed by atoms with van der Waals surface area (Å²) in [6, 6.07) is 2.18. The first kappa shape index (κ1) is 10.5. The third kappa shape index (κ3) is 2.74. The van der Waals surface area contributed by atoms with Crippen LogP contribution in [0.3, 0.4) is 0 Å². The van der Waals surface area contributed by atoms with Gasteiger partial charge in [-0.25, -0.2) is 0 Å². The standard InChI is InChI=1S/C11H15N3/c1-3-11-5-4-10(8-12)6-7-13-9-14(11)2/h4-5,9H,3,6-7H2,1-2H3/b10-4+,11-5+,13-9-. The van der Waals surface area contributed by atoms with Gasteiger partial charge in [0.25, 0.3) is 0 Å². The highest BCUT2D eigenvalue weighted by Crippen LogP contribution is 2.09. The zero-order valence-electron chi connectivity index (χ0n) is 8.70. The van der Waals surface area contributed by atoms with Crippen molar-refractivity contribution < 1.29 is 0 Å². The lowest BCUT2D eigenvalue weighted by atomic mass is 10.2. The van der Waals surface area contributed by atoms with Crippen LogP contribution in [0.25, 0.3) is 0 Å². The molecule has 3 nitrogen and oxygen atoms in total. The van der Waals surface area contributed by atoms with Crippen molar-refractivity contribution in [2.45, 2.75) is 19.8 Å². The van der Waals surface area contributed by atoms with Gasteiger partial charge in [-0.05, 0) is 18.6 Å². The number of aliphatic imine (C=N–C) groups is 1. The molecule has 0 saturated carbocycles. The van der Waals surface area contributed by atoms with Crippen LogP contribution in [0.4, 0.5) is 0 Å². The number of allylic oxidation sites excluding steroid dienone is 3. The van der Waals surface area contributed by atoms with Crippen LogP contribution < -0.4 is 0 Å². The monoisotopic (exact) mass is 189 g/mol. The Labute approximate surface area is 85.1 Å². The molecule has 0 fully saturated rings. The molecule has 0 atom stereocenters. The van der Waals surface area contributed by atoms with E-state index in [1.807, 2.05) is 30.4 Å². The van der Waals surface area contributed by atoms with Crippen LogP contribution in [0.2, 0.25) is 0 Å². The molecule has 0 amide bonds. The summed E-state index contributed by atoms with van der Waals surface area (Å²) in [5, 5.41) is 8.81. The van der Waals surface area contributed by atoms with Crippen molar-refractivity contribution in [1.82, 2.24) is 4.90 Å². The van der Waals surface area contributed by atoms with Crippen LogP contribution >= 0.6 is 0 Å². The summed E-state index contributed by atoms with van der Waals surface area (Å²) in [6.07, 6.45) is 7.38. The van der Waals surface area contributed by atoms with Gasteiger partial charge < -0.3 is 4.90 Å². The molecule has 1 aliphatic heterocycles. The van der Waals surface area contributed by atoms with E-state index in [0.717, 1.165) is 18.4 Å². The summed E-state index contributed by atoms with van der Waals surface area (Å²) in [5.74, 6) is 0. The predicted octanol–water partition coefficient (Wildman–Crippen LogP) is 2.09. The van der Waals surface area contributed by atoms with Gasteiger partial charge in [0.15, 0.2) is 0 Å². The minimum atomic E-state index is 0.689. The van der Waals surface area contributed by atoms with Gasteiger partial charge in [0, 0.05) is 31.3 Å². The molecule has 0 N–H and O–H groups in total. The maximum absolute atomic E-state index is 8.81. The Morgan fingerprint density at radius 3 is 3.00 bits per heavy atom. The van der Waals surface area contributed by atoms with Crippen molar-refractivity contribution in [3.05, 3.63) is 23.4 Å². The van der Waals surface area contributed by atoms with Crippen molar-refractivity contribution in [1.29, 1.82) is 5.26 Å². The van der Waals surface area contributed by atoms with E-state index >= 15 is 0 Å². The van der Waals surface area contributed by atoms with E-state index in [2.05, 4.69) is 18.0 Å². The van der Waals surface area contributed by atoms with Crippen LogP contribution in [0, 0.1) is 11.3 Å². The first-order valence-electron chi connectivity index (χ1n) is 4.80. The minimum absolute atomic E-state index is 0.689. The SMILES string of the molecule is CC/C1=C\C=C(\C#N)CC/N=C\N1C. The van der Waals surface area contributed by atoms with Crippen LogP contribution in [0.5, 0.6) is 0 Å². The maximum atomic E-state index is 8.81. The third-order valence-electron chi connectivity index (χ3n) is 2.20. The quantitative estimate of drug-likeness (QED) is 0.633. The zero-order valence-corrected chi connectivity index (χ0v) is 8.70. The summed E-state index contributed by atoms with van der Waals surface area (Å²) in [7, 11) is 1.98. The molecule has 1 aliphatic rings. The highest BCUT2D eigenvalue weighted by Gasteiger charge is 2.01. The van der Waals surface area contributed by atoms with Gasteiger partial charge in [-0.2, -0.15) is 5.26 Å². The maximum Gasteiger partial charge on any atom is 0.0947 e. The number of nitrogens with zero attached hydrogens (tertiary/aromatic N) is 3. The average Bonchev–Trinajstić information content (AvgIpc) is 2.29. The molecular weight excluding hydrogens is 174 g/mol. The highest BCUT2D eigenvalue weighted by atomic mass is 15.1. The largest absolute Gasteiger partial charge is 0.340 e. The molecule has 1 heterocycles. The molecule has 14 heavy (non-hydrogen) atoms. The fourth-order valence-electron chi connectivity index (χ4n) is 1.30. The van der Waals surface area contributed by atoms with Gasteiger partial charge >= 0.3 is 0 Å². The normalized spacial score (nSPS) is 27.1. The Bertz CT molecular complexity index is 318. The zero-order chi connectivity index (χ0) is 10.4. The number of rotatable bonds is 1. The smallest absolute Gasteiger partial charge is 0.0947 e. The first-order valence-corrected chi connectivity index (χ1v) is 4.80. The van der Waals surface area contributed by atoms with Crippen molar-refractivity contribution in [3.63, 3.8) is 0 Å². The lowest BCUT2D eigenvalue weighted by Crippen LogP contribution is -2.14. The van der Waals surface area contributed by atoms with Crippen molar-refractivity contribution in [3.8, 4) is 6.07 Å². The molecular formula is C11H15N3. The summed E-state index contributed by atoms with van der Waals surface area (Å²) in [6.45, 7) is 2.78. The summed E-state index contributed by atoms with van der Waals surface area (Å²) in [4.78, 5) is 6.23. The molecule has 3 heteroatoms. The van der Waals surface area contributed by atoms with E-state index in [1.165, 1.54) is 5.70 Å². The number of hydrogen-bond donors (Lipinski definition) is 0. The molecule has 0 spiro atoms. The summed E-state index contributed by atoms with van der Waals surface area (Å²) < 4.78 is 0. The van der Waals surface area contributed by atoms with Crippen LogP contribution in [-0.2, 0) is 0 Å². The molecule has 1 rings (SSSR count). The summed E-state index contributed by atoms with van der Waals surface area (Å²) in [5.41, 5.74) is 1.96. The van der Waals surface area contributed by atoms with Gasteiger partial charge in [-0.1, -0.05) is 6.92 Å². The fraction of sp³-hybridized carbons (Fsp3) is 0.455. The van der Waals surface area contributed by atoms with E-state index in [4.69, 9.17) is 5.26 Å². The molecule has 0 aromatic carbocycles. The van der Waals surface area contributed by atoms with E-state index in [0.29, 0.717) is 6.54 Å². The highest BCUT2D eigenvalue weighted by molar-refractivity contribution is 5.58. The van der Waals surface area contributed by atoms with Crippen molar-refractivity contribution in [2.24, 2.45) is 4.99 Å². The fourth-order valence-corrected chi connectivity index (χ4v) is 1.30. The second kappa shape index (κ2) is 5.23. The Hall–Kier alpha value is -1.56. The van der Waals surface area contributed by atoms with Gasteiger partial charge in [-0.3, -0.25) is 4.99 Å². The predicted molar refractivity (Wildman–Crippen MR) is 57.8 cm³/mol. The minimum Gasteiger partial charge on any atom is -0.340 e. The van der Waals surface area contributed by atoms with E-state index < -0.39 is 0 Å². The van der Waals surface area contributed by atoms with Crippen LogP contribution in [0.15, 0.2) is 28.4 Å². The van der Waals surface area contributed by atoms with E-state index in [1.54, 1.807) is 0 Å². The molecule has 0 aromatic heterocycles. The molecule has 0 aliphatic carbocycles. The second-order valence-electron chi connectivity index (χ2n) is 3.20. The van der Waals surface area contributed by atoms with Crippen molar-refractivity contribution in [2.75, 3.05) is 13.6 Å². The molecule has 0 aromatic rings. The molecule has 0 bridgehead atoms. The molecule has 74 valence electrons. The van der Waals surface area contributed by atoms with Crippen molar-refractivity contribution >= 4 is 6.34 Å². The van der Waals surface area contributed by atoms with E-state index in [-0.39, 0.29) is 0 Å². The number of hydrogen-bond acceptors (Lipinski definition) is 3. The van der Waals surface area contributed by atoms with Gasteiger partial charge in [0.2, 0.25) is 0 Å². The van der Waals surface area contributed by atoms with E-state index in [9.17, 15) is 0 Å². The van der Waals surface area contributed by atoms with Gasteiger partial charge in [-0.15, -0.1) is 0 Å². The second-order valence-corrected chi connectivity index (χ2v) is 3.20. The summed E-state index contributed by atoms with van der Waals surface area (Å²) >= 11 is 0. The Morgan fingerprint density at radius 2 is 2.36 bits per heavy atom. The Morgan fingerprint density at radius 1 is 1.57 bits per heavy atom. The van der Waals surface area contributed by atoms with Gasteiger partial charge in [0.1, 0.15) is 0 Å². The topological polar surface area (TPSA) is 39.4 Å². The van der Waals surface area contributed by atoms with Crippen LogP contribution in [-0.4, -0.2) is 24.8 Å². The Balaban J connectivity index is 2.93. The average molecular weight is 189 g/mol. The number of nitriles is 1. The molecule has 0 radical (unpaired) electrons. The molecule has 0 unspecified atom stereocenters. The van der Waals surface area contributed by atoms with Gasteiger partial charge in [0.05, 0.1) is 12.4 Å². The molecule has 0 saturated heterocycles. The Kier molecular flexibility index (Phi) is 3.93.